The van der Waals surface area contributed by atoms with Crippen LogP contribution in [0.1, 0.15) is 43.2 Å². The van der Waals surface area contributed by atoms with Crippen LogP contribution in [0.5, 0.6) is 5.75 Å². The van der Waals surface area contributed by atoms with Gasteiger partial charge >= 0.3 is 0 Å². The predicted molar refractivity (Wildman–Crippen MR) is 84.2 cm³/mol. The van der Waals surface area contributed by atoms with Crippen molar-refractivity contribution < 1.29 is 14.6 Å². The van der Waals surface area contributed by atoms with Crippen molar-refractivity contribution in [1.29, 1.82) is 0 Å². The molecule has 1 aromatic rings. The molecule has 1 aromatic carbocycles. The quantitative estimate of drug-likeness (QED) is 0.886. The number of hydrogen-bond donors (Lipinski definition) is 2. The molecule has 0 bridgehead atoms. The number of methoxy groups -OCH3 is 1. The van der Waals surface area contributed by atoms with Gasteiger partial charge in [0.25, 0.3) is 0 Å². The van der Waals surface area contributed by atoms with Gasteiger partial charge in [0.05, 0.1) is 7.11 Å². The number of benzene rings is 1. The molecule has 2 aliphatic rings. The first kappa shape index (κ1) is 16.6. The maximum absolute atomic E-state index is 9.38. The fourth-order valence-corrected chi connectivity index (χ4v) is 3.70. The van der Waals surface area contributed by atoms with Crippen molar-refractivity contribution in [2.24, 2.45) is 5.92 Å². The Hall–Kier alpha value is -1.75. The number of carbonyl (C=O) groups is 1. The third kappa shape index (κ3) is 3.35. The summed E-state index contributed by atoms with van der Waals surface area (Å²) in [7, 11) is 1.75. The summed E-state index contributed by atoms with van der Waals surface area (Å²) in [5.74, 6) is 3.28. The van der Waals surface area contributed by atoms with Gasteiger partial charge < -0.3 is 25.3 Å². The van der Waals surface area contributed by atoms with Crippen molar-refractivity contribution >= 4 is 6.09 Å². The highest BCUT2D eigenvalue weighted by Crippen LogP contribution is 2.50. The molecule has 122 valence electrons. The van der Waals surface area contributed by atoms with E-state index < -0.39 is 6.09 Å². The molecule has 5 heteroatoms. The van der Waals surface area contributed by atoms with Crippen LogP contribution in [0, 0.1) is 5.92 Å². The van der Waals surface area contributed by atoms with Crippen molar-refractivity contribution in [3.05, 3.63) is 29.3 Å². The Bertz CT molecular complexity index is 519. The number of hydrogen-bond acceptors (Lipinski definition) is 4. The van der Waals surface area contributed by atoms with Crippen LogP contribution in [0.15, 0.2) is 18.2 Å². The van der Waals surface area contributed by atoms with Crippen LogP contribution in [-0.4, -0.2) is 32.8 Å². The van der Waals surface area contributed by atoms with Crippen LogP contribution < -0.4 is 20.5 Å². The Balaban J connectivity index is 0.000000254. The first-order valence-corrected chi connectivity index (χ1v) is 7.95. The second kappa shape index (κ2) is 7.49. The Morgan fingerprint density at radius 1 is 1.36 bits per heavy atom. The van der Waals surface area contributed by atoms with E-state index in [0.29, 0.717) is 6.54 Å². The van der Waals surface area contributed by atoms with Gasteiger partial charge in [0, 0.05) is 19.0 Å². The lowest BCUT2D eigenvalue weighted by atomic mass is 9.88. The van der Waals surface area contributed by atoms with E-state index in [0.717, 1.165) is 30.0 Å². The van der Waals surface area contributed by atoms with Gasteiger partial charge in [-0.1, -0.05) is 13.0 Å². The molecule has 0 spiro atoms. The lowest BCUT2D eigenvalue weighted by Gasteiger charge is -2.16. The molecular weight excluding hydrogens is 280 g/mol. The molecule has 2 N–H and O–H groups in total. The summed E-state index contributed by atoms with van der Waals surface area (Å²) in [4.78, 5) is 9.38. The fourth-order valence-electron chi connectivity index (χ4n) is 3.70. The van der Waals surface area contributed by atoms with Crippen LogP contribution in [-0.2, 0) is 0 Å². The minimum absolute atomic E-state index is 0.419. The largest absolute Gasteiger partial charge is 0.530 e. The molecule has 1 heterocycles. The fraction of sp³-hybridized carbons (Fsp3) is 0.588. The number of fused-ring (bicyclic) bond motifs is 3. The maximum Gasteiger partial charge on any atom is 0.134 e. The monoisotopic (exact) mass is 305 g/mol. The molecule has 1 amide bonds. The molecule has 1 saturated heterocycles. The summed E-state index contributed by atoms with van der Waals surface area (Å²) in [6.07, 6.45) is 0.0415. The van der Waals surface area contributed by atoms with Crippen molar-refractivity contribution in [2.75, 3.05) is 26.7 Å². The van der Waals surface area contributed by atoms with Crippen molar-refractivity contribution in [3.63, 3.8) is 0 Å². The molecule has 1 aliphatic heterocycles. The molecule has 3 unspecified atom stereocenters. The van der Waals surface area contributed by atoms with Crippen molar-refractivity contribution in [2.45, 2.75) is 32.1 Å². The summed E-state index contributed by atoms with van der Waals surface area (Å²) >= 11 is 0. The molecule has 0 radical (unpaired) electrons. The highest BCUT2D eigenvalue weighted by molar-refractivity contribution is 5.61. The van der Waals surface area contributed by atoms with Gasteiger partial charge in [-0.05, 0) is 55.0 Å². The van der Waals surface area contributed by atoms with Crippen molar-refractivity contribution in [1.82, 2.24) is 10.6 Å². The predicted octanol–water partition coefficient (Wildman–Crippen LogP) is 1.44. The Labute approximate surface area is 132 Å². The lowest BCUT2D eigenvalue weighted by molar-refractivity contribution is -0.250. The molecule has 1 aliphatic carbocycles. The van der Waals surface area contributed by atoms with E-state index in [-0.39, 0.29) is 0 Å². The Morgan fingerprint density at radius 2 is 2.14 bits per heavy atom. The topological polar surface area (TPSA) is 73.4 Å². The van der Waals surface area contributed by atoms with Gasteiger partial charge in [0.2, 0.25) is 0 Å². The van der Waals surface area contributed by atoms with Gasteiger partial charge in [-0.15, -0.1) is 0 Å². The number of carbonyl (C=O) groups excluding carboxylic acids is 1. The SMILES string of the molecule is CCC1c2ccc(OC)cc2C2CNCC12.CCNC(=O)[O-]. The first-order chi connectivity index (χ1) is 10.6. The first-order valence-electron chi connectivity index (χ1n) is 7.95. The number of nitrogens with one attached hydrogen (secondary N) is 2. The van der Waals surface area contributed by atoms with Crippen LogP contribution in [0.2, 0.25) is 0 Å². The van der Waals surface area contributed by atoms with Gasteiger partial charge in [0.15, 0.2) is 0 Å². The number of ether oxygens (including phenoxy) is 1. The summed E-state index contributed by atoms with van der Waals surface area (Å²) in [6.45, 7) is 6.74. The minimum Gasteiger partial charge on any atom is -0.530 e. The number of rotatable bonds is 3. The zero-order valence-corrected chi connectivity index (χ0v) is 13.5. The van der Waals surface area contributed by atoms with E-state index in [1.807, 2.05) is 5.32 Å². The average Bonchev–Trinajstić information content (AvgIpc) is 3.07. The average molecular weight is 305 g/mol. The summed E-state index contributed by atoms with van der Waals surface area (Å²) in [5, 5.41) is 14.9. The Morgan fingerprint density at radius 3 is 2.68 bits per heavy atom. The van der Waals surface area contributed by atoms with E-state index in [1.54, 1.807) is 19.6 Å². The zero-order chi connectivity index (χ0) is 16.1. The number of carboxylic acid groups (broad SMARTS) is 1. The van der Waals surface area contributed by atoms with E-state index in [1.165, 1.54) is 18.5 Å². The molecule has 22 heavy (non-hydrogen) atoms. The van der Waals surface area contributed by atoms with Gasteiger partial charge in [-0.3, -0.25) is 0 Å². The van der Waals surface area contributed by atoms with Gasteiger partial charge in [0.1, 0.15) is 11.8 Å². The van der Waals surface area contributed by atoms with Crippen LogP contribution in [0.3, 0.4) is 0 Å². The highest BCUT2D eigenvalue weighted by Gasteiger charge is 2.42. The molecule has 3 rings (SSSR count). The molecule has 0 saturated carbocycles. The van der Waals surface area contributed by atoms with Crippen LogP contribution in [0.4, 0.5) is 4.79 Å². The molecule has 1 fully saturated rings. The van der Waals surface area contributed by atoms with Gasteiger partial charge in [-0.2, -0.15) is 0 Å². The number of amides is 1. The third-order valence-electron chi connectivity index (χ3n) is 4.63. The van der Waals surface area contributed by atoms with Crippen LogP contribution in [0.25, 0.3) is 0 Å². The van der Waals surface area contributed by atoms with E-state index in [2.05, 4.69) is 30.4 Å². The van der Waals surface area contributed by atoms with E-state index >= 15 is 0 Å². The second-order valence-corrected chi connectivity index (χ2v) is 5.76. The lowest BCUT2D eigenvalue weighted by Crippen LogP contribution is -2.35. The standard InChI is InChI=1S/C14H19NO.C3H7NO2/c1-3-10-11-5-4-9(16-2)6-12(11)14-8-15-7-13(10)14;1-2-4-3(5)6/h4-6,10,13-15H,3,7-8H2,1-2H3;4H,2H2,1H3,(H,5,6)/p-1. The minimum atomic E-state index is -1.21. The maximum atomic E-state index is 9.38. The molecule has 3 atom stereocenters. The van der Waals surface area contributed by atoms with E-state index in [9.17, 15) is 9.90 Å². The van der Waals surface area contributed by atoms with E-state index in [4.69, 9.17) is 4.74 Å². The summed E-state index contributed by atoms with van der Waals surface area (Å²) < 4.78 is 5.34. The third-order valence-corrected chi connectivity index (χ3v) is 4.63. The van der Waals surface area contributed by atoms with Crippen molar-refractivity contribution in [3.8, 4) is 5.75 Å². The smallest absolute Gasteiger partial charge is 0.134 e. The molecule has 5 nitrogen and oxygen atoms in total. The molecular formula is C17H25N2O3-. The van der Waals surface area contributed by atoms with Crippen LogP contribution >= 0.6 is 0 Å². The van der Waals surface area contributed by atoms with Gasteiger partial charge in [-0.25, -0.2) is 0 Å². The summed E-state index contributed by atoms with van der Waals surface area (Å²) in [5.41, 5.74) is 3.10. The normalized spacial score (nSPS) is 24.8. The Kier molecular flexibility index (Phi) is 5.66. The highest BCUT2D eigenvalue weighted by atomic mass is 16.5. The summed E-state index contributed by atoms with van der Waals surface area (Å²) in [6, 6.07) is 6.63. The second-order valence-electron chi connectivity index (χ2n) is 5.76. The molecule has 0 aromatic heterocycles. The zero-order valence-electron chi connectivity index (χ0n) is 13.5.